The van der Waals surface area contributed by atoms with Crippen molar-refractivity contribution in [1.29, 1.82) is 5.26 Å². The number of unbranched alkanes of at least 4 members (excludes halogenated alkanes) is 1. The van der Waals surface area contributed by atoms with Gasteiger partial charge in [0.1, 0.15) is 5.54 Å². The molecule has 0 saturated carbocycles. The van der Waals surface area contributed by atoms with Crippen molar-refractivity contribution < 1.29 is 0 Å². The fraction of sp³-hybridized carbons (Fsp3) is 0.923. The molecule has 0 aliphatic rings. The van der Waals surface area contributed by atoms with Crippen LogP contribution in [0.4, 0.5) is 0 Å². The van der Waals surface area contributed by atoms with Crippen molar-refractivity contribution in [2.24, 2.45) is 0 Å². The maximum Gasteiger partial charge on any atom is 0.103 e. The molecule has 3 heteroatoms. The quantitative estimate of drug-likeness (QED) is 0.595. The van der Waals surface area contributed by atoms with Gasteiger partial charge in [0.15, 0.2) is 0 Å². The molecule has 0 rings (SSSR count). The van der Waals surface area contributed by atoms with Crippen molar-refractivity contribution in [3.8, 4) is 6.07 Å². The minimum Gasteiger partial charge on any atom is -0.300 e. The van der Waals surface area contributed by atoms with Gasteiger partial charge in [-0.05, 0) is 57.1 Å². The Labute approximate surface area is 105 Å². The Kier molecular flexibility index (Phi) is 9.86. The number of hydrogen-bond acceptors (Lipinski definition) is 3. The smallest absolute Gasteiger partial charge is 0.103 e. The number of rotatable bonds is 10. The molecule has 0 spiro atoms. The zero-order chi connectivity index (χ0) is 12.3. The summed E-state index contributed by atoms with van der Waals surface area (Å²) < 4.78 is 0. The number of nitrogens with zero attached hydrogens (tertiary/aromatic N) is 1. The Morgan fingerprint density at radius 3 is 2.50 bits per heavy atom. The summed E-state index contributed by atoms with van der Waals surface area (Å²) in [6.45, 7) is 7.30. The standard InChI is InChI=1S/C13H26N2S/c1-4-9-15-13(3,12-14)8-6-7-11-16-10-5-2/h15H,4-11H2,1-3H3. The topological polar surface area (TPSA) is 35.8 Å². The summed E-state index contributed by atoms with van der Waals surface area (Å²) in [6, 6.07) is 2.40. The van der Waals surface area contributed by atoms with E-state index in [0.29, 0.717) is 0 Å². The summed E-state index contributed by atoms with van der Waals surface area (Å²) in [7, 11) is 0. The highest BCUT2D eigenvalue weighted by Crippen LogP contribution is 2.15. The van der Waals surface area contributed by atoms with E-state index in [4.69, 9.17) is 5.26 Å². The van der Waals surface area contributed by atoms with Crippen LogP contribution in [0.3, 0.4) is 0 Å². The predicted octanol–water partition coefficient (Wildman–Crippen LogP) is 3.58. The Bertz CT molecular complexity index is 201. The van der Waals surface area contributed by atoms with Crippen LogP contribution in [0.5, 0.6) is 0 Å². The molecule has 0 aromatic carbocycles. The average molecular weight is 242 g/mol. The lowest BCUT2D eigenvalue weighted by atomic mass is 9.96. The largest absolute Gasteiger partial charge is 0.300 e. The minimum atomic E-state index is -0.314. The van der Waals surface area contributed by atoms with E-state index in [-0.39, 0.29) is 5.54 Å². The van der Waals surface area contributed by atoms with Crippen molar-refractivity contribution in [3.05, 3.63) is 0 Å². The highest BCUT2D eigenvalue weighted by atomic mass is 32.2. The summed E-state index contributed by atoms with van der Waals surface area (Å²) in [6.07, 6.45) is 5.70. The second-order valence-corrected chi connectivity index (χ2v) is 5.66. The molecule has 0 heterocycles. The third-order valence-electron chi connectivity index (χ3n) is 2.58. The summed E-state index contributed by atoms with van der Waals surface area (Å²) in [5, 5.41) is 12.5. The van der Waals surface area contributed by atoms with Gasteiger partial charge in [-0.2, -0.15) is 17.0 Å². The Morgan fingerprint density at radius 1 is 1.19 bits per heavy atom. The second-order valence-electron chi connectivity index (χ2n) is 4.44. The molecule has 1 N–H and O–H groups in total. The number of nitriles is 1. The molecule has 16 heavy (non-hydrogen) atoms. The third kappa shape index (κ3) is 8.01. The molecule has 0 bridgehead atoms. The molecule has 2 nitrogen and oxygen atoms in total. The van der Waals surface area contributed by atoms with Crippen LogP contribution in [0.1, 0.15) is 52.9 Å². The van der Waals surface area contributed by atoms with Crippen LogP contribution in [0, 0.1) is 11.3 Å². The van der Waals surface area contributed by atoms with Gasteiger partial charge in [-0.3, -0.25) is 5.32 Å². The molecule has 0 amide bonds. The highest BCUT2D eigenvalue weighted by Gasteiger charge is 2.21. The van der Waals surface area contributed by atoms with E-state index in [1.54, 1.807) is 0 Å². The first-order valence-electron chi connectivity index (χ1n) is 6.42. The normalized spacial score (nSPS) is 14.4. The maximum atomic E-state index is 9.13. The van der Waals surface area contributed by atoms with Crippen molar-refractivity contribution in [1.82, 2.24) is 5.32 Å². The molecule has 94 valence electrons. The molecule has 1 atom stereocenters. The molecular weight excluding hydrogens is 216 g/mol. The van der Waals surface area contributed by atoms with E-state index in [9.17, 15) is 0 Å². The number of thioether (sulfide) groups is 1. The summed E-state index contributed by atoms with van der Waals surface area (Å²) in [4.78, 5) is 0. The molecular formula is C13H26N2S. The zero-order valence-corrected chi connectivity index (χ0v) is 11.8. The molecule has 1 unspecified atom stereocenters. The highest BCUT2D eigenvalue weighted by molar-refractivity contribution is 7.99. The Morgan fingerprint density at radius 2 is 1.94 bits per heavy atom. The van der Waals surface area contributed by atoms with Crippen molar-refractivity contribution >= 4 is 11.8 Å². The molecule has 0 saturated heterocycles. The Hall–Kier alpha value is -0.200. The van der Waals surface area contributed by atoms with Crippen molar-refractivity contribution in [3.63, 3.8) is 0 Å². The van der Waals surface area contributed by atoms with Crippen LogP contribution in [0.15, 0.2) is 0 Å². The van der Waals surface area contributed by atoms with Gasteiger partial charge in [0.05, 0.1) is 6.07 Å². The maximum absolute atomic E-state index is 9.13. The van der Waals surface area contributed by atoms with Crippen LogP contribution in [-0.2, 0) is 0 Å². The van der Waals surface area contributed by atoms with Crippen LogP contribution in [0.25, 0.3) is 0 Å². The first kappa shape index (κ1) is 15.8. The summed E-state index contributed by atoms with van der Waals surface area (Å²) >= 11 is 2.03. The molecule has 0 aromatic rings. The van der Waals surface area contributed by atoms with Crippen LogP contribution in [0.2, 0.25) is 0 Å². The third-order valence-corrected chi connectivity index (χ3v) is 3.85. The number of hydrogen-bond donors (Lipinski definition) is 1. The first-order chi connectivity index (χ1) is 7.68. The number of nitrogens with one attached hydrogen (secondary N) is 1. The molecule has 0 radical (unpaired) electrons. The minimum absolute atomic E-state index is 0.314. The van der Waals surface area contributed by atoms with Crippen LogP contribution >= 0.6 is 11.8 Å². The van der Waals surface area contributed by atoms with E-state index < -0.39 is 0 Å². The van der Waals surface area contributed by atoms with Gasteiger partial charge in [0.2, 0.25) is 0 Å². The van der Waals surface area contributed by atoms with E-state index in [1.165, 1.54) is 24.3 Å². The molecule has 0 aliphatic carbocycles. The van der Waals surface area contributed by atoms with Gasteiger partial charge < -0.3 is 0 Å². The van der Waals surface area contributed by atoms with Crippen molar-refractivity contribution in [2.75, 3.05) is 18.1 Å². The van der Waals surface area contributed by atoms with Gasteiger partial charge in [0, 0.05) is 0 Å². The van der Waals surface area contributed by atoms with Crippen molar-refractivity contribution in [2.45, 2.75) is 58.4 Å². The van der Waals surface area contributed by atoms with Crippen LogP contribution < -0.4 is 5.32 Å². The van der Waals surface area contributed by atoms with Gasteiger partial charge >= 0.3 is 0 Å². The first-order valence-corrected chi connectivity index (χ1v) is 7.58. The average Bonchev–Trinajstić information content (AvgIpc) is 2.31. The second kappa shape index (κ2) is 9.99. The summed E-state index contributed by atoms with van der Waals surface area (Å²) in [5.41, 5.74) is -0.314. The molecule has 0 aliphatic heterocycles. The molecule has 0 aromatic heterocycles. The van der Waals surface area contributed by atoms with E-state index in [0.717, 1.165) is 25.8 Å². The monoisotopic (exact) mass is 242 g/mol. The lowest BCUT2D eigenvalue weighted by Gasteiger charge is -2.22. The molecule has 0 fully saturated rings. The van der Waals surface area contributed by atoms with E-state index >= 15 is 0 Å². The van der Waals surface area contributed by atoms with E-state index in [2.05, 4.69) is 25.2 Å². The fourth-order valence-corrected chi connectivity index (χ4v) is 2.41. The lowest BCUT2D eigenvalue weighted by Crippen LogP contribution is -2.41. The Balaban J connectivity index is 3.58. The van der Waals surface area contributed by atoms with Gasteiger partial charge in [-0.15, -0.1) is 0 Å². The van der Waals surface area contributed by atoms with Gasteiger partial charge in [-0.1, -0.05) is 13.8 Å². The zero-order valence-electron chi connectivity index (χ0n) is 11.0. The fourth-order valence-electron chi connectivity index (χ4n) is 1.51. The van der Waals surface area contributed by atoms with Gasteiger partial charge in [-0.25, -0.2) is 0 Å². The van der Waals surface area contributed by atoms with Crippen LogP contribution in [-0.4, -0.2) is 23.6 Å². The lowest BCUT2D eigenvalue weighted by molar-refractivity contribution is 0.406. The summed E-state index contributed by atoms with van der Waals surface area (Å²) in [5.74, 6) is 2.51. The van der Waals surface area contributed by atoms with Gasteiger partial charge in [0.25, 0.3) is 0 Å². The predicted molar refractivity (Wildman–Crippen MR) is 73.8 cm³/mol. The SMILES string of the molecule is CCCNC(C)(C#N)CCCCSCCC. The van der Waals surface area contributed by atoms with E-state index in [1.807, 2.05) is 18.7 Å².